The second kappa shape index (κ2) is 6.81. The van der Waals surface area contributed by atoms with Crippen molar-refractivity contribution in [3.8, 4) is 11.1 Å². The fourth-order valence-electron chi connectivity index (χ4n) is 2.95. The van der Waals surface area contributed by atoms with Gasteiger partial charge in [0.25, 0.3) is 10.0 Å². The number of rotatable bonds is 4. The van der Waals surface area contributed by atoms with Crippen molar-refractivity contribution in [1.82, 2.24) is 9.97 Å². The Kier molecular flexibility index (Phi) is 4.33. The van der Waals surface area contributed by atoms with Crippen LogP contribution < -0.4 is 4.72 Å². The van der Waals surface area contributed by atoms with Crippen LogP contribution in [0.2, 0.25) is 0 Å². The van der Waals surface area contributed by atoms with Crippen molar-refractivity contribution in [2.24, 2.45) is 0 Å². The first-order valence-corrected chi connectivity index (χ1v) is 9.90. The molecule has 1 N–H and O–H groups in total. The average Bonchev–Trinajstić information content (AvgIpc) is 2.69. The number of aromatic nitrogens is 2. The molecule has 6 heteroatoms. The molecule has 0 bridgehead atoms. The summed E-state index contributed by atoms with van der Waals surface area (Å²) in [6.45, 7) is 1.92. The smallest absolute Gasteiger partial charge is 0.261 e. The van der Waals surface area contributed by atoms with E-state index in [1.165, 1.54) is 0 Å². The summed E-state index contributed by atoms with van der Waals surface area (Å²) in [5.41, 5.74) is 3.93. The second-order valence-corrected chi connectivity index (χ2v) is 7.90. The van der Waals surface area contributed by atoms with Gasteiger partial charge in [-0.05, 0) is 42.8 Å². The third kappa shape index (κ3) is 3.39. The Morgan fingerprint density at radius 1 is 0.889 bits per heavy atom. The van der Waals surface area contributed by atoms with E-state index in [0.717, 1.165) is 22.1 Å². The molecule has 0 spiro atoms. The van der Waals surface area contributed by atoms with Crippen LogP contribution in [0.25, 0.3) is 22.0 Å². The van der Waals surface area contributed by atoms with Crippen molar-refractivity contribution >= 4 is 26.6 Å². The number of fused-ring (bicyclic) bond motifs is 1. The van der Waals surface area contributed by atoms with E-state index >= 15 is 0 Å². The van der Waals surface area contributed by atoms with Crippen molar-refractivity contribution in [2.45, 2.75) is 11.8 Å². The highest BCUT2D eigenvalue weighted by atomic mass is 32.2. The third-order valence-electron chi connectivity index (χ3n) is 4.32. The molecule has 0 unspecified atom stereocenters. The predicted octanol–water partition coefficient (Wildman–Crippen LogP) is 4.41. The number of hydrogen-bond acceptors (Lipinski definition) is 4. The van der Waals surface area contributed by atoms with Gasteiger partial charge in [-0.3, -0.25) is 14.7 Å². The molecule has 4 aromatic rings. The van der Waals surface area contributed by atoms with Crippen LogP contribution in [-0.4, -0.2) is 18.4 Å². The lowest BCUT2D eigenvalue weighted by molar-refractivity contribution is 0.601. The van der Waals surface area contributed by atoms with Gasteiger partial charge in [0.05, 0.1) is 16.1 Å². The summed E-state index contributed by atoms with van der Waals surface area (Å²) in [6.07, 6.45) is 5.14. The predicted molar refractivity (Wildman–Crippen MR) is 107 cm³/mol. The van der Waals surface area contributed by atoms with Gasteiger partial charge >= 0.3 is 0 Å². The molecule has 0 atom stereocenters. The van der Waals surface area contributed by atoms with Crippen LogP contribution in [0.5, 0.6) is 0 Å². The maximum absolute atomic E-state index is 12.8. The largest absolute Gasteiger partial charge is 0.277 e. The average molecular weight is 375 g/mol. The number of nitrogens with zero attached hydrogens (tertiary/aromatic N) is 2. The minimum absolute atomic E-state index is 0.216. The quantitative estimate of drug-likeness (QED) is 0.574. The van der Waals surface area contributed by atoms with E-state index < -0.39 is 10.0 Å². The molecule has 2 aromatic heterocycles. The van der Waals surface area contributed by atoms with Gasteiger partial charge in [-0.1, -0.05) is 35.9 Å². The molecule has 0 aliphatic rings. The maximum atomic E-state index is 12.8. The minimum Gasteiger partial charge on any atom is -0.277 e. The lowest BCUT2D eigenvalue weighted by Crippen LogP contribution is -2.13. The zero-order valence-corrected chi connectivity index (χ0v) is 15.4. The zero-order chi connectivity index (χ0) is 18.9. The monoisotopic (exact) mass is 375 g/mol. The maximum Gasteiger partial charge on any atom is 0.261 e. The Morgan fingerprint density at radius 2 is 1.67 bits per heavy atom. The first-order valence-electron chi connectivity index (χ1n) is 8.42. The first kappa shape index (κ1) is 17.2. The number of aryl methyl sites for hydroxylation is 1. The van der Waals surface area contributed by atoms with Gasteiger partial charge in [0.2, 0.25) is 0 Å². The van der Waals surface area contributed by atoms with E-state index in [1.54, 1.807) is 48.9 Å². The molecule has 2 aromatic carbocycles. The van der Waals surface area contributed by atoms with Crippen molar-refractivity contribution in [1.29, 1.82) is 0 Å². The van der Waals surface area contributed by atoms with Crippen LogP contribution in [0, 0.1) is 6.92 Å². The highest BCUT2D eigenvalue weighted by Gasteiger charge is 2.17. The Hall–Kier alpha value is -3.25. The van der Waals surface area contributed by atoms with E-state index in [1.807, 2.05) is 37.3 Å². The molecule has 2 heterocycles. The van der Waals surface area contributed by atoms with Gasteiger partial charge in [0, 0.05) is 29.5 Å². The topological polar surface area (TPSA) is 72.0 Å². The number of nitrogens with one attached hydrogen (secondary N) is 1. The van der Waals surface area contributed by atoms with Crippen LogP contribution in [0.4, 0.5) is 5.69 Å². The van der Waals surface area contributed by atoms with Crippen LogP contribution >= 0.6 is 0 Å². The molecule has 134 valence electrons. The molecule has 0 fully saturated rings. The van der Waals surface area contributed by atoms with Crippen LogP contribution in [-0.2, 0) is 10.0 Å². The van der Waals surface area contributed by atoms with E-state index in [2.05, 4.69) is 14.7 Å². The first-order chi connectivity index (χ1) is 13.0. The molecule has 0 saturated carbocycles. The normalized spacial score (nSPS) is 11.4. The minimum atomic E-state index is -3.70. The molecular formula is C21H17N3O2S. The van der Waals surface area contributed by atoms with Gasteiger partial charge < -0.3 is 0 Å². The lowest BCUT2D eigenvalue weighted by Gasteiger charge is -2.13. The van der Waals surface area contributed by atoms with Crippen molar-refractivity contribution < 1.29 is 8.42 Å². The number of sulfonamides is 1. The van der Waals surface area contributed by atoms with Crippen molar-refractivity contribution in [2.75, 3.05) is 4.72 Å². The summed E-state index contributed by atoms with van der Waals surface area (Å²) < 4.78 is 28.2. The van der Waals surface area contributed by atoms with E-state index in [9.17, 15) is 8.42 Å². The third-order valence-corrected chi connectivity index (χ3v) is 5.70. The summed E-state index contributed by atoms with van der Waals surface area (Å²) in [4.78, 5) is 8.79. The number of benzene rings is 2. The summed E-state index contributed by atoms with van der Waals surface area (Å²) in [5, 5.41) is 0.856. The Morgan fingerprint density at radius 3 is 2.41 bits per heavy atom. The van der Waals surface area contributed by atoms with Gasteiger partial charge in [-0.15, -0.1) is 0 Å². The molecule has 4 rings (SSSR count). The van der Waals surface area contributed by atoms with Gasteiger partial charge in [0.1, 0.15) is 0 Å². The fourth-order valence-corrected chi connectivity index (χ4v) is 4.02. The molecular weight excluding hydrogens is 358 g/mol. The number of anilines is 1. The summed E-state index contributed by atoms with van der Waals surface area (Å²) >= 11 is 0. The zero-order valence-electron chi connectivity index (χ0n) is 14.6. The number of pyridine rings is 2. The van der Waals surface area contributed by atoms with Crippen LogP contribution in [0.3, 0.4) is 0 Å². The van der Waals surface area contributed by atoms with Crippen molar-refractivity contribution in [3.63, 3.8) is 0 Å². The van der Waals surface area contributed by atoms with Gasteiger partial charge in [-0.25, -0.2) is 8.42 Å². The Bertz CT molecular complexity index is 1210. The second-order valence-electron chi connectivity index (χ2n) is 6.22. The summed E-state index contributed by atoms with van der Waals surface area (Å²) in [7, 11) is -3.70. The van der Waals surface area contributed by atoms with E-state index in [0.29, 0.717) is 11.2 Å². The Labute approximate surface area is 157 Å². The van der Waals surface area contributed by atoms with Crippen LogP contribution in [0.15, 0.2) is 84.1 Å². The number of hydrogen-bond donors (Lipinski definition) is 1. The van der Waals surface area contributed by atoms with Crippen molar-refractivity contribution in [3.05, 3.63) is 84.8 Å². The fraction of sp³-hybridized carbons (Fsp3) is 0.0476. The van der Waals surface area contributed by atoms with E-state index in [4.69, 9.17) is 0 Å². The van der Waals surface area contributed by atoms with Gasteiger partial charge in [-0.2, -0.15) is 0 Å². The molecule has 5 nitrogen and oxygen atoms in total. The summed E-state index contributed by atoms with van der Waals surface area (Å²) in [6, 6.07) is 17.9. The SMILES string of the molecule is Cc1ccc(S(=O)(=O)Nc2ccc(-c3cccnc3)c3cccnc23)cc1. The molecule has 0 aliphatic carbocycles. The van der Waals surface area contributed by atoms with E-state index in [-0.39, 0.29) is 4.90 Å². The molecule has 0 amide bonds. The standard InChI is InChI=1S/C21H17N3O2S/c1-15-6-8-17(9-7-15)27(25,26)24-20-11-10-18(16-4-2-12-22-14-16)19-5-3-13-23-21(19)20/h2-14,24H,1H3. The highest BCUT2D eigenvalue weighted by molar-refractivity contribution is 7.92. The van der Waals surface area contributed by atoms with Gasteiger partial charge in [0.15, 0.2) is 0 Å². The molecule has 0 aliphatic heterocycles. The molecule has 0 radical (unpaired) electrons. The molecule has 0 saturated heterocycles. The lowest BCUT2D eigenvalue weighted by atomic mass is 10.0. The highest BCUT2D eigenvalue weighted by Crippen LogP contribution is 2.32. The van der Waals surface area contributed by atoms with Crippen LogP contribution in [0.1, 0.15) is 5.56 Å². The summed E-state index contributed by atoms with van der Waals surface area (Å²) in [5.74, 6) is 0. The molecule has 27 heavy (non-hydrogen) atoms. The Balaban J connectivity index is 1.81.